The van der Waals surface area contributed by atoms with Gasteiger partial charge in [-0.25, -0.2) is 13.8 Å². The Labute approximate surface area is 235 Å². The van der Waals surface area contributed by atoms with Gasteiger partial charge in [-0.15, -0.1) is 5.10 Å². The third-order valence-electron chi connectivity index (χ3n) is 7.21. The highest BCUT2D eigenvalue weighted by Crippen LogP contribution is 2.54. The van der Waals surface area contributed by atoms with Gasteiger partial charge in [0.1, 0.15) is 17.3 Å². The molecule has 210 valence electrons. The number of nitrogens with zero attached hydrogens (tertiary/aromatic N) is 5. The highest BCUT2D eigenvalue weighted by Gasteiger charge is 2.57. The second kappa shape index (κ2) is 11.1. The molecule has 0 unspecified atom stereocenters. The summed E-state index contributed by atoms with van der Waals surface area (Å²) in [5.74, 6) is 7.01. The van der Waals surface area contributed by atoms with E-state index in [0.717, 1.165) is 38.8 Å². The Morgan fingerprint density at radius 1 is 1.30 bits per heavy atom. The number of methoxy groups -OCH3 is 1. The maximum absolute atomic E-state index is 13.6. The van der Waals surface area contributed by atoms with Crippen molar-refractivity contribution in [1.29, 1.82) is 0 Å². The quantitative estimate of drug-likeness (QED) is 0.161. The predicted octanol–water partition coefficient (Wildman–Crippen LogP) is 4.29. The van der Waals surface area contributed by atoms with E-state index in [-0.39, 0.29) is 22.6 Å². The summed E-state index contributed by atoms with van der Waals surface area (Å²) in [7, 11) is 1.42. The van der Waals surface area contributed by atoms with Crippen molar-refractivity contribution >= 4 is 35.2 Å². The lowest BCUT2D eigenvalue weighted by atomic mass is 9.56. The molecule has 0 atom stereocenters. The molecule has 2 aromatic heterocycles. The number of hydrogen-bond donors (Lipinski definition) is 2. The molecule has 1 spiro atoms. The smallest absolute Gasteiger partial charge is 0.280 e. The third kappa shape index (κ3) is 6.10. The van der Waals surface area contributed by atoms with Crippen molar-refractivity contribution < 1.29 is 23.4 Å². The zero-order valence-electron chi connectivity index (χ0n) is 22.3. The van der Waals surface area contributed by atoms with Crippen molar-refractivity contribution in [3.8, 4) is 28.7 Å². The van der Waals surface area contributed by atoms with E-state index in [1.165, 1.54) is 37.3 Å². The molecule has 2 saturated carbocycles. The number of anilines is 1. The van der Waals surface area contributed by atoms with Crippen LogP contribution in [0.5, 0.6) is 5.75 Å². The number of carbonyl (C=O) groups is 1. The summed E-state index contributed by atoms with van der Waals surface area (Å²) in [6.07, 6.45) is 3.45. The molecule has 3 fully saturated rings. The summed E-state index contributed by atoms with van der Waals surface area (Å²) in [6.45, 7) is 6.64. The van der Waals surface area contributed by atoms with Gasteiger partial charge in [0.25, 0.3) is 12.3 Å². The number of rotatable bonds is 8. The van der Waals surface area contributed by atoms with E-state index in [0.29, 0.717) is 27.9 Å². The maximum Gasteiger partial charge on any atom is 0.280 e. The Morgan fingerprint density at radius 3 is 2.67 bits per heavy atom. The summed E-state index contributed by atoms with van der Waals surface area (Å²) in [6, 6.07) is 2.96. The molecule has 2 aromatic rings. The zero-order valence-corrected chi connectivity index (χ0v) is 23.1. The summed E-state index contributed by atoms with van der Waals surface area (Å²) in [4.78, 5) is 23.7. The molecule has 2 N–H and O–H groups in total. The van der Waals surface area contributed by atoms with Crippen LogP contribution >= 0.6 is 11.8 Å². The lowest BCUT2D eigenvalue weighted by Gasteiger charge is -2.62. The number of hydrogen-bond acceptors (Lipinski definition) is 9. The van der Waals surface area contributed by atoms with Crippen molar-refractivity contribution in [1.82, 2.24) is 15.3 Å². The van der Waals surface area contributed by atoms with Gasteiger partial charge in [0.15, 0.2) is 5.04 Å². The molecular formula is C28H30F2N6O3S. The van der Waals surface area contributed by atoms with Crippen molar-refractivity contribution in [3.63, 3.8) is 0 Å². The molecular weight excluding hydrogens is 538 g/mol. The van der Waals surface area contributed by atoms with Crippen LogP contribution in [-0.4, -0.2) is 64.4 Å². The fourth-order valence-electron chi connectivity index (χ4n) is 5.50. The Morgan fingerprint density at radius 2 is 2.05 bits per heavy atom. The van der Waals surface area contributed by atoms with E-state index in [1.807, 2.05) is 6.92 Å². The second-order valence-electron chi connectivity index (χ2n) is 10.8. The Bertz CT molecular complexity index is 1400. The molecule has 0 radical (unpaired) electrons. The molecule has 1 saturated heterocycles. The van der Waals surface area contributed by atoms with Gasteiger partial charge >= 0.3 is 0 Å². The summed E-state index contributed by atoms with van der Waals surface area (Å²) >= 11 is 1.21. The summed E-state index contributed by atoms with van der Waals surface area (Å²) < 4.78 is 32.6. The molecule has 0 bridgehead atoms. The first-order valence-corrected chi connectivity index (χ1v) is 13.9. The van der Waals surface area contributed by atoms with Gasteiger partial charge in [0.05, 0.1) is 30.3 Å². The van der Waals surface area contributed by atoms with Crippen LogP contribution in [0.1, 0.15) is 55.1 Å². The van der Waals surface area contributed by atoms with E-state index in [2.05, 4.69) is 48.9 Å². The molecule has 1 amide bonds. The van der Waals surface area contributed by atoms with Crippen LogP contribution in [0.15, 0.2) is 34.7 Å². The third-order valence-corrected chi connectivity index (χ3v) is 7.95. The molecule has 5 rings (SSSR count). The van der Waals surface area contributed by atoms with Crippen LogP contribution in [0.25, 0.3) is 11.1 Å². The first kappa shape index (κ1) is 28.0. The van der Waals surface area contributed by atoms with Gasteiger partial charge in [0.2, 0.25) is 0 Å². The number of ether oxygens (including phenoxy) is 1. The van der Waals surface area contributed by atoms with Crippen LogP contribution in [0.3, 0.4) is 0 Å². The van der Waals surface area contributed by atoms with Gasteiger partial charge in [-0.05, 0) is 50.7 Å². The van der Waals surface area contributed by atoms with Crippen LogP contribution in [-0.2, 0) is 0 Å². The number of carbonyl (C=O) groups excluding carboxylic acids is 1. The zero-order chi connectivity index (χ0) is 28.5. The first-order chi connectivity index (χ1) is 19.1. The average Bonchev–Trinajstić information content (AvgIpc) is 3.72. The Kier molecular flexibility index (Phi) is 7.79. The van der Waals surface area contributed by atoms with E-state index >= 15 is 0 Å². The van der Waals surface area contributed by atoms with Gasteiger partial charge in [-0.2, -0.15) is 5.10 Å². The van der Waals surface area contributed by atoms with Crippen molar-refractivity contribution in [2.24, 2.45) is 21.5 Å². The minimum atomic E-state index is -2.80. The average molecular weight is 569 g/mol. The molecule has 9 nitrogen and oxygen atoms in total. The number of nitrogens with one attached hydrogen (secondary N) is 1. The van der Waals surface area contributed by atoms with Gasteiger partial charge < -0.3 is 20.1 Å². The fourth-order valence-corrected chi connectivity index (χ4v) is 6.08. The van der Waals surface area contributed by atoms with Crippen LogP contribution < -0.4 is 15.0 Å². The van der Waals surface area contributed by atoms with Crippen molar-refractivity contribution in [3.05, 3.63) is 35.8 Å². The first-order valence-electron chi connectivity index (χ1n) is 12.9. The maximum atomic E-state index is 13.6. The van der Waals surface area contributed by atoms with E-state index in [9.17, 15) is 18.7 Å². The minimum Gasteiger partial charge on any atom is -0.494 e. The van der Waals surface area contributed by atoms with Crippen LogP contribution in [0.2, 0.25) is 0 Å². The highest BCUT2D eigenvalue weighted by atomic mass is 32.2. The van der Waals surface area contributed by atoms with Crippen molar-refractivity contribution in [2.75, 3.05) is 31.0 Å². The number of aliphatic hydroxyl groups is 1. The topological polar surface area (TPSA) is 112 Å². The van der Waals surface area contributed by atoms with E-state index in [4.69, 9.17) is 4.74 Å². The Balaban J connectivity index is 1.40. The number of alkyl halides is 2. The molecule has 2 aliphatic carbocycles. The van der Waals surface area contributed by atoms with Gasteiger partial charge in [0, 0.05) is 48.5 Å². The van der Waals surface area contributed by atoms with Crippen LogP contribution in [0.4, 0.5) is 14.6 Å². The molecule has 0 aromatic carbocycles. The van der Waals surface area contributed by atoms with Crippen molar-refractivity contribution in [2.45, 2.75) is 44.6 Å². The number of aromatic nitrogens is 2. The molecule has 40 heavy (non-hydrogen) atoms. The molecule has 1 aliphatic heterocycles. The van der Waals surface area contributed by atoms with Crippen LogP contribution in [0, 0.1) is 23.2 Å². The van der Waals surface area contributed by atoms with E-state index in [1.54, 1.807) is 6.07 Å². The monoisotopic (exact) mass is 568 g/mol. The fraction of sp³-hybridized carbons (Fsp3) is 0.464. The predicted molar refractivity (Wildman–Crippen MR) is 151 cm³/mol. The largest absolute Gasteiger partial charge is 0.494 e. The number of amides is 1. The molecule has 3 aliphatic rings. The summed E-state index contributed by atoms with van der Waals surface area (Å²) in [5.41, 5.74) is -0.119. The normalized spacial score (nSPS) is 18.9. The highest BCUT2D eigenvalue weighted by molar-refractivity contribution is 8.14. The number of halogens is 2. The molecule has 12 heteroatoms. The lowest BCUT2D eigenvalue weighted by Crippen LogP contribution is -2.67. The standard InChI is InChI=1S/C28H30F2N6O3S/c1-27(38)12-28(13-27)14-36(15-28)23-9-18(19-8-21(25(29)30)32-11-22(19)39-3)20(10-33-23)26(37)34-16-40-24(35-31-2)7-6-17-4-5-17/h8-11,17,25,38H,2,4-5,12-16H2,1,3H3,(H,34,37)/b35-24-. The number of thioether (sulfide) groups is 1. The lowest BCUT2D eigenvalue weighted by molar-refractivity contribution is -0.126. The van der Waals surface area contributed by atoms with Gasteiger partial charge in [-0.1, -0.05) is 17.7 Å². The summed E-state index contributed by atoms with van der Waals surface area (Å²) in [5, 5.41) is 20.9. The minimum absolute atomic E-state index is 0.0533. The second-order valence-corrected chi connectivity index (χ2v) is 11.8. The SMILES string of the molecule is C=N/N=C(/C#CC1CC1)SCNC(=O)c1cnc(N2CC3(C2)CC(C)(O)C3)cc1-c1cc(C(F)F)ncc1OC. The van der Waals surface area contributed by atoms with E-state index < -0.39 is 23.6 Å². The number of pyridine rings is 2. The Hall–Kier alpha value is -3.56. The molecule has 3 heterocycles. The van der Waals surface area contributed by atoms with Gasteiger partial charge in [-0.3, -0.25) is 9.78 Å².